The van der Waals surface area contributed by atoms with Crippen molar-refractivity contribution in [2.45, 2.75) is 25.0 Å². The standard InChI is InChI=1S/C16H22N2O2/c19-15(14-11-17-6-8-18(14)9-7-17)13-5-1-3-12-4-2-10-20-16(12)13/h1,3,5,14-15,19H,2,4,6-11H2. The van der Waals surface area contributed by atoms with Crippen LogP contribution in [0.15, 0.2) is 18.2 Å². The summed E-state index contributed by atoms with van der Waals surface area (Å²) in [5, 5.41) is 10.9. The molecule has 4 nitrogen and oxygen atoms in total. The molecular formula is C16H22N2O2. The minimum Gasteiger partial charge on any atom is -0.493 e. The van der Waals surface area contributed by atoms with Crippen LogP contribution in [0.5, 0.6) is 5.75 Å². The van der Waals surface area contributed by atoms with Crippen molar-refractivity contribution in [2.24, 2.45) is 0 Å². The highest BCUT2D eigenvalue weighted by molar-refractivity contribution is 5.44. The molecule has 0 saturated carbocycles. The number of para-hydroxylation sites is 1. The first-order valence-corrected chi connectivity index (χ1v) is 7.72. The van der Waals surface area contributed by atoms with Gasteiger partial charge in [-0.25, -0.2) is 0 Å². The number of fused-ring (bicyclic) bond motifs is 4. The Labute approximate surface area is 119 Å². The molecule has 20 heavy (non-hydrogen) atoms. The maximum Gasteiger partial charge on any atom is 0.128 e. The molecule has 4 aliphatic rings. The van der Waals surface area contributed by atoms with Crippen molar-refractivity contribution in [3.05, 3.63) is 29.3 Å². The summed E-state index contributed by atoms with van der Waals surface area (Å²) >= 11 is 0. The van der Waals surface area contributed by atoms with E-state index in [9.17, 15) is 5.11 Å². The Balaban J connectivity index is 1.64. The van der Waals surface area contributed by atoms with E-state index in [2.05, 4.69) is 21.9 Å². The van der Waals surface area contributed by atoms with Gasteiger partial charge in [0.1, 0.15) is 5.75 Å². The van der Waals surface area contributed by atoms with Crippen LogP contribution in [0.25, 0.3) is 0 Å². The highest BCUT2D eigenvalue weighted by Crippen LogP contribution is 2.36. The van der Waals surface area contributed by atoms with E-state index in [1.807, 2.05) is 6.07 Å². The van der Waals surface area contributed by atoms with E-state index in [0.717, 1.165) is 63.5 Å². The highest BCUT2D eigenvalue weighted by Gasteiger charge is 2.37. The lowest BCUT2D eigenvalue weighted by Gasteiger charge is -2.49. The third-order valence-corrected chi connectivity index (χ3v) is 4.97. The zero-order valence-electron chi connectivity index (χ0n) is 11.8. The van der Waals surface area contributed by atoms with Crippen LogP contribution in [0, 0.1) is 0 Å². The number of benzene rings is 1. The van der Waals surface area contributed by atoms with Gasteiger partial charge in [-0.15, -0.1) is 0 Å². The normalized spacial score (nSPS) is 33.4. The van der Waals surface area contributed by atoms with Gasteiger partial charge in [0.05, 0.1) is 18.8 Å². The van der Waals surface area contributed by atoms with E-state index < -0.39 is 6.10 Å². The predicted octanol–water partition coefficient (Wildman–Crippen LogP) is 1.04. The van der Waals surface area contributed by atoms with Crippen LogP contribution < -0.4 is 4.74 Å². The number of hydrogen-bond acceptors (Lipinski definition) is 4. The maximum absolute atomic E-state index is 10.9. The summed E-state index contributed by atoms with van der Waals surface area (Å²) in [4.78, 5) is 4.90. The van der Waals surface area contributed by atoms with Crippen molar-refractivity contribution in [1.29, 1.82) is 0 Å². The number of nitrogens with zero attached hydrogens (tertiary/aromatic N) is 2. The molecule has 0 radical (unpaired) electrons. The van der Waals surface area contributed by atoms with Crippen LogP contribution in [0.1, 0.15) is 23.7 Å². The third-order valence-electron chi connectivity index (χ3n) is 4.97. The molecule has 0 aliphatic carbocycles. The largest absolute Gasteiger partial charge is 0.493 e. The second-order valence-electron chi connectivity index (χ2n) is 6.14. The molecule has 2 unspecified atom stereocenters. The fraction of sp³-hybridized carbons (Fsp3) is 0.625. The zero-order valence-corrected chi connectivity index (χ0v) is 11.8. The fourth-order valence-electron chi connectivity index (χ4n) is 3.81. The number of aryl methyl sites for hydroxylation is 1. The number of rotatable bonds is 2. The van der Waals surface area contributed by atoms with Gasteiger partial charge in [0.2, 0.25) is 0 Å². The van der Waals surface area contributed by atoms with Crippen LogP contribution in [0.4, 0.5) is 0 Å². The van der Waals surface area contributed by atoms with E-state index in [0.29, 0.717) is 0 Å². The summed E-state index contributed by atoms with van der Waals surface area (Å²) in [7, 11) is 0. The van der Waals surface area contributed by atoms with Crippen LogP contribution in [0.3, 0.4) is 0 Å². The Morgan fingerprint density at radius 3 is 2.80 bits per heavy atom. The van der Waals surface area contributed by atoms with E-state index in [4.69, 9.17) is 4.74 Å². The van der Waals surface area contributed by atoms with Gasteiger partial charge in [-0.2, -0.15) is 0 Å². The first-order valence-electron chi connectivity index (χ1n) is 7.72. The summed E-state index contributed by atoms with van der Waals surface area (Å²) in [6.45, 7) is 6.20. The van der Waals surface area contributed by atoms with E-state index >= 15 is 0 Å². The van der Waals surface area contributed by atoms with Gasteiger partial charge in [0, 0.05) is 38.3 Å². The van der Waals surface area contributed by atoms with Crippen molar-refractivity contribution in [3.8, 4) is 5.75 Å². The molecule has 4 heteroatoms. The summed E-state index contributed by atoms with van der Waals surface area (Å²) in [5.41, 5.74) is 2.24. The molecule has 0 spiro atoms. The molecule has 4 heterocycles. The van der Waals surface area contributed by atoms with Crippen LogP contribution in [-0.2, 0) is 6.42 Å². The van der Waals surface area contributed by atoms with E-state index in [1.165, 1.54) is 5.56 Å². The summed E-state index contributed by atoms with van der Waals surface area (Å²) in [6.07, 6.45) is 1.71. The van der Waals surface area contributed by atoms with Crippen LogP contribution >= 0.6 is 0 Å². The number of aliphatic hydroxyl groups excluding tert-OH is 1. The first-order chi connectivity index (χ1) is 9.83. The second kappa shape index (κ2) is 5.02. The average Bonchev–Trinajstić information content (AvgIpc) is 2.54. The molecule has 108 valence electrons. The molecule has 1 N–H and O–H groups in total. The van der Waals surface area contributed by atoms with Gasteiger partial charge >= 0.3 is 0 Å². The monoisotopic (exact) mass is 274 g/mol. The van der Waals surface area contributed by atoms with Crippen molar-refractivity contribution >= 4 is 0 Å². The molecule has 3 fully saturated rings. The molecule has 4 aliphatic heterocycles. The minimum absolute atomic E-state index is 0.217. The zero-order chi connectivity index (χ0) is 13.5. The molecule has 5 rings (SSSR count). The Morgan fingerprint density at radius 1 is 1.20 bits per heavy atom. The average molecular weight is 274 g/mol. The second-order valence-corrected chi connectivity index (χ2v) is 6.14. The smallest absolute Gasteiger partial charge is 0.128 e. The van der Waals surface area contributed by atoms with Crippen molar-refractivity contribution in [1.82, 2.24) is 9.80 Å². The number of aliphatic hydroxyl groups is 1. The van der Waals surface area contributed by atoms with Gasteiger partial charge in [-0.3, -0.25) is 9.80 Å². The topological polar surface area (TPSA) is 35.9 Å². The van der Waals surface area contributed by atoms with Gasteiger partial charge < -0.3 is 9.84 Å². The summed E-state index contributed by atoms with van der Waals surface area (Å²) < 4.78 is 5.85. The molecule has 2 atom stereocenters. The Kier molecular flexibility index (Phi) is 3.17. The Morgan fingerprint density at radius 2 is 2.05 bits per heavy atom. The van der Waals surface area contributed by atoms with Crippen molar-refractivity contribution in [3.63, 3.8) is 0 Å². The molecule has 2 bridgehead atoms. The molecule has 1 aromatic rings. The van der Waals surface area contributed by atoms with Gasteiger partial charge in [0.15, 0.2) is 0 Å². The Hall–Kier alpha value is -1.10. The predicted molar refractivity (Wildman–Crippen MR) is 77.0 cm³/mol. The molecule has 0 amide bonds. The fourth-order valence-corrected chi connectivity index (χ4v) is 3.81. The number of piperazine rings is 3. The molecule has 1 aromatic carbocycles. The van der Waals surface area contributed by atoms with Gasteiger partial charge in [-0.05, 0) is 18.4 Å². The lowest BCUT2D eigenvalue weighted by atomic mass is 9.93. The highest BCUT2D eigenvalue weighted by atomic mass is 16.5. The molecular weight excluding hydrogens is 252 g/mol. The van der Waals surface area contributed by atoms with E-state index in [-0.39, 0.29) is 6.04 Å². The first kappa shape index (κ1) is 12.6. The minimum atomic E-state index is -0.439. The summed E-state index contributed by atoms with van der Waals surface area (Å²) in [5.74, 6) is 0.948. The SMILES string of the molecule is OC(c1cccc2c1OCCC2)C1CN2CCN1CC2. The molecule has 3 saturated heterocycles. The lowest BCUT2D eigenvalue weighted by molar-refractivity contribution is -0.0478. The van der Waals surface area contributed by atoms with Crippen molar-refractivity contribution < 1.29 is 9.84 Å². The lowest BCUT2D eigenvalue weighted by Crippen LogP contribution is -2.62. The van der Waals surface area contributed by atoms with Crippen LogP contribution in [-0.4, -0.2) is 60.3 Å². The quantitative estimate of drug-likeness (QED) is 0.874. The summed E-state index contributed by atoms with van der Waals surface area (Å²) in [6, 6.07) is 6.44. The number of hydrogen-bond donors (Lipinski definition) is 1. The van der Waals surface area contributed by atoms with Crippen LogP contribution in [0.2, 0.25) is 0 Å². The molecule has 0 aromatic heterocycles. The Bertz CT molecular complexity index is 497. The number of ether oxygens (including phenoxy) is 1. The van der Waals surface area contributed by atoms with Crippen molar-refractivity contribution in [2.75, 3.05) is 39.3 Å². The van der Waals surface area contributed by atoms with E-state index in [1.54, 1.807) is 0 Å². The van der Waals surface area contributed by atoms with Gasteiger partial charge in [0.25, 0.3) is 0 Å². The van der Waals surface area contributed by atoms with Gasteiger partial charge in [-0.1, -0.05) is 18.2 Å². The maximum atomic E-state index is 10.9. The third kappa shape index (κ3) is 2.03.